The Morgan fingerprint density at radius 2 is 1.37 bits per heavy atom. The van der Waals surface area contributed by atoms with Crippen molar-refractivity contribution in [3.8, 4) is 11.8 Å². The van der Waals surface area contributed by atoms with Crippen LogP contribution in [0.15, 0.2) is 39.7 Å². The number of hydrogen-bond donors (Lipinski definition) is 0. The summed E-state index contributed by atoms with van der Waals surface area (Å²) in [6, 6.07) is 0. The summed E-state index contributed by atoms with van der Waals surface area (Å²) < 4.78 is 2.80. The maximum Gasteiger partial charge on any atom is 0.337 e. The molecule has 0 aliphatic carbocycles. The second-order valence-electron chi connectivity index (χ2n) is 3.66. The van der Waals surface area contributed by atoms with Gasteiger partial charge < -0.3 is 0 Å². The molecule has 6 nitrogen and oxygen atoms in total. The first-order chi connectivity index (χ1) is 9.08. The van der Waals surface area contributed by atoms with Crippen LogP contribution in [0, 0.1) is 11.8 Å². The quantitative estimate of drug-likeness (QED) is 0.533. The Bertz CT molecular complexity index is 674. The lowest BCUT2D eigenvalue weighted by Gasteiger charge is -2.10. The van der Waals surface area contributed by atoms with Crippen molar-refractivity contribution in [3.05, 3.63) is 56.8 Å². The summed E-state index contributed by atoms with van der Waals surface area (Å²) in [4.78, 5) is 36.1. The summed E-state index contributed by atoms with van der Waals surface area (Å²) in [6.45, 7) is 8.59. The lowest BCUT2D eigenvalue weighted by Crippen LogP contribution is -2.54. The van der Waals surface area contributed by atoms with Crippen molar-refractivity contribution in [2.75, 3.05) is 0 Å². The van der Waals surface area contributed by atoms with Gasteiger partial charge >= 0.3 is 17.1 Å². The van der Waals surface area contributed by atoms with Gasteiger partial charge in [-0.25, -0.2) is 28.1 Å². The molecule has 0 aromatic carbocycles. The van der Waals surface area contributed by atoms with Gasteiger partial charge in [-0.3, -0.25) is 0 Å². The first-order valence-corrected chi connectivity index (χ1v) is 5.64. The molecule has 6 heteroatoms. The molecule has 1 heterocycles. The van der Waals surface area contributed by atoms with Gasteiger partial charge in [0, 0.05) is 0 Å². The second kappa shape index (κ2) is 6.40. The molecule has 0 N–H and O–H groups in total. The second-order valence-corrected chi connectivity index (χ2v) is 3.66. The highest BCUT2D eigenvalue weighted by Gasteiger charge is 2.12. The fraction of sp³-hybridized carbons (Fsp3) is 0.308. The summed E-state index contributed by atoms with van der Waals surface area (Å²) in [7, 11) is 0. The largest absolute Gasteiger partial charge is 0.337 e. The van der Waals surface area contributed by atoms with E-state index in [0.717, 1.165) is 13.7 Å². The van der Waals surface area contributed by atoms with Gasteiger partial charge in [0.2, 0.25) is 0 Å². The normalized spacial score (nSPS) is 9.53. The lowest BCUT2D eigenvalue weighted by molar-refractivity contribution is 0.504. The number of allylic oxidation sites excluding steroid dienone is 2. The van der Waals surface area contributed by atoms with E-state index in [4.69, 9.17) is 0 Å². The van der Waals surface area contributed by atoms with Gasteiger partial charge in [0.05, 0.1) is 19.6 Å². The van der Waals surface area contributed by atoms with E-state index in [1.54, 1.807) is 6.92 Å². The molecule has 0 spiro atoms. The maximum absolute atomic E-state index is 12.0. The molecular formula is C13H15N3O3. The Kier molecular flexibility index (Phi) is 4.89. The van der Waals surface area contributed by atoms with E-state index in [9.17, 15) is 14.4 Å². The highest BCUT2D eigenvalue weighted by Crippen LogP contribution is 1.78. The lowest BCUT2D eigenvalue weighted by atomic mass is 10.5. The fourth-order valence-corrected chi connectivity index (χ4v) is 1.55. The highest BCUT2D eigenvalue weighted by molar-refractivity contribution is 4.96. The predicted octanol–water partition coefficient (Wildman–Crippen LogP) is -0.433. The van der Waals surface area contributed by atoms with Crippen LogP contribution in [0.3, 0.4) is 0 Å². The van der Waals surface area contributed by atoms with Crippen molar-refractivity contribution in [2.45, 2.75) is 26.6 Å². The SMILES string of the molecule is C=CCn1c(=O)n(CC#CC)c(=O)n(CC=C)c1=O. The molecule has 0 aliphatic rings. The number of nitrogens with zero attached hydrogens (tertiary/aromatic N) is 3. The summed E-state index contributed by atoms with van der Waals surface area (Å²) in [5.74, 6) is 5.24. The summed E-state index contributed by atoms with van der Waals surface area (Å²) in [5, 5.41) is 0. The minimum atomic E-state index is -0.682. The molecule has 0 radical (unpaired) electrons. The third-order valence-electron chi connectivity index (χ3n) is 2.42. The van der Waals surface area contributed by atoms with E-state index in [0.29, 0.717) is 0 Å². The van der Waals surface area contributed by atoms with E-state index in [2.05, 4.69) is 25.0 Å². The van der Waals surface area contributed by atoms with E-state index < -0.39 is 17.1 Å². The molecule has 19 heavy (non-hydrogen) atoms. The third kappa shape index (κ3) is 2.83. The Hall–Kier alpha value is -2.55. The zero-order valence-corrected chi connectivity index (χ0v) is 10.8. The standard InChI is InChI=1S/C13H15N3O3/c1-4-7-10-16-12(18)14(8-5-2)11(17)15(9-6-3)13(16)19/h5-6H,2-3,8-10H2,1H3. The minimum absolute atomic E-state index is 0.0364. The van der Waals surface area contributed by atoms with Crippen LogP contribution in [0.1, 0.15) is 6.92 Å². The highest BCUT2D eigenvalue weighted by atomic mass is 16.2. The maximum atomic E-state index is 12.0. The molecule has 1 aromatic heterocycles. The van der Waals surface area contributed by atoms with Gasteiger partial charge in [0.15, 0.2) is 0 Å². The van der Waals surface area contributed by atoms with Crippen molar-refractivity contribution in [2.24, 2.45) is 0 Å². The monoisotopic (exact) mass is 261 g/mol. The van der Waals surface area contributed by atoms with Crippen LogP contribution in [0.2, 0.25) is 0 Å². The minimum Gasteiger partial charge on any atom is -0.247 e. The summed E-state index contributed by atoms with van der Waals surface area (Å²) in [5.41, 5.74) is -2.04. The predicted molar refractivity (Wildman–Crippen MR) is 73.1 cm³/mol. The van der Waals surface area contributed by atoms with Gasteiger partial charge in [0.1, 0.15) is 0 Å². The van der Waals surface area contributed by atoms with Gasteiger partial charge in [-0.15, -0.1) is 19.1 Å². The Labute approximate surface area is 109 Å². The van der Waals surface area contributed by atoms with Crippen molar-refractivity contribution >= 4 is 0 Å². The zero-order valence-electron chi connectivity index (χ0n) is 10.8. The van der Waals surface area contributed by atoms with E-state index in [1.165, 1.54) is 12.2 Å². The van der Waals surface area contributed by atoms with Crippen molar-refractivity contribution < 1.29 is 0 Å². The molecule has 0 fully saturated rings. The van der Waals surface area contributed by atoms with Gasteiger partial charge in [-0.1, -0.05) is 18.1 Å². The molecule has 0 bridgehead atoms. The van der Waals surface area contributed by atoms with Gasteiger partial charge in [0.25, 0.3) is 0 Å². The Morgan fingerprint density at radius 1 is 0.947 bits per heavy atom. The first-order valence-electron chi connectivity index (χ1n) is 5.64. The average Bonchev–Trinajstić information content (AvgIpc) is 2.40. The zero-order chi connectivity index (χ0) is 14.4. The molecule has 100 valence electrons. The molecule has 0 atom stereocenters. The third-order valence-corrected chi connectivity index (χ3v) is 2.42. The van der Waals surface area contributed by atoms with E-state index >= 15 is 0 Å². The molecule has 1 rings (SSSR count). The first kappa shape index (κ1) is 14.5. The van der Waals surface area contributed by atoms with Gasteiger partial charge in [-0.2, -0.15) is 0 Å². The average molecular weight is 261 g/mol. The van der Waals surface area contributed by atoms with Crippen LogP contribution in [-0.4, -0.2) is 13.7 Å². The van der Waals surface area contributed by atoms with Crippen molar-refractivity contribution in [1.82, 2.24) is 13.7 Å². The van der Waals surface area contributed by atoms with Crippen LogP contribution in [0.5, 0.6) is 0 Å². The van der Waals surface area contributed by atoms with Gasteiger partial charge in [-0.05, 0) is 6.92 Å². The smallest absolute Gasteiger partial charge is 0.247 e. The molecule has 0 saturated heterocycles. The molecular weight excluding hydrogens is 246 g/mol. The van der Waals surface area contributed by atoms with Crippen LogP contribution < -0.4 is 17.1 Å². The molecule has 1 aromatic rings. The van der Waals surface area contributed by atoms with Crippen molar-refractivity contribution in [3.63, 3.8) is 0 Å². The number of hydrogen-bond acceptors (Lipinski definition) is 3. The Balaban J connectivity index is 3.71. The van der Waals surface area contributed by atoms with Crippen LogP contribution in [-0.2, 0) is 19.6 Å². The number of rotatable bonds is 5. The van der Waals surface area contributed by atoms with Crippen LogP contribution in [0.25, 0.3) is 0 Å². The van der Waals surface area contributed by atoms with E-state index in [-0.39, 0.29) is 19.6 Å². The van der Waals surface area contributed by atoms with Crippen LogP contribution >= 0.6 is 0 Å². The van der Waals surface area contributed by atoms with E-state index in [1.807, 2.05) is 0 Å². The topological polar surface area (TPSA) is 66.0 Å². The fourth-order valence-electron chi connectivity index (χ4n) is 1.55. The summed E-state index contributed by atoms with van der Waals surface area (Å²) in [6.07, 6.45) is 2.84. The summed E-state index contributed by atoms with van der Waals surface area (Å²) >= 11 is 0. The van der Waals surface area contributed by atoms with Crippen LogP contribution in [0.4, 0.5) is 0 Å². The van der Waals surface area contributed by atoms with Crippen molar-refractivity contribution in [1.29, 1.82) is 0 Å². The molecule has 0 unspecified atom stereocenters. The Morgan fingerprint density at radius 3 is 1.74 bits per heavy atom. The molecule has 0 aliphatic heterocycles. The molecule has 0 amide bonds. The number of aromatic nitrogens is 3. The molecule has 0 saturated carbocycles.